The van der Waals surface area contributed by atoms with Gasteiger partial charge in [-0.25, -0.2) is 0 Å². The first-order valence-corrected chi connectivity index (χ1v) is 5.93. The minimum atomic E-state index is 0.0726. The van der Waals surface area contributed by atoms with Crippen molar-refractivity contribution in [2.24, 2.45) is 5.73 Å². The van der Waals surface area contributed by atoms with Gasteiger partial charge in [-0.2, -0.15) is 0 Å². The summed E-state index contributed by atoms with van der Waals surface area (Å²) in [5, 5.41) is 7.45. The largest absolute Gasteiger partial charge is 0.384 e. The molecule has 2 rings (SSSR count). The van der Waals surface area contributed by atoms with Crippen LogP contribution in [0.15, 0.2) is 46.9 Å². The summed E-state index contributed by atoms with van der Waals surface area (Å²) in [7, 11) is 0. The van der Waals surface area contributed by atoms with Crippen LogP contribution >= 0.6 is 15.9 Å². The molecule has 0 saturated carbocycles. The topological polar surface area (TPSA) is 49.9 Å². The number of hydrogen-bond acceptors (Lipinski definition) is 1. The number of nitrogens with two attached hydrogens (primary N) is 1. The Morgan fingerprint density at radius 3 is 2.35 bits per heavy atom. The van der Waals surface area contributed by atoms with Gasteiger partial charge < -0.3 is 5.73 Å². The van der Waals surface area contributed by atoms with Crippen molar-refractivity contribution in [3.05, 3.63) is 65.0 Å². The summed E-state index contributed by atoms with van der Waals surface area (Å²) < 4.78 is 1.04. The van der Waals surface area contributed by atoms with Crippen molar-refractivity contribution >= 4 is 21.8 Å². The summed E-state index contributed by atoms with van der Waals surface area (Å²) >= 11 is 3.40. The zero-order valence-corrected chi connectivity index (χ0v) is 10.8. The average molecular weight is 288 g/mol. The van der Waals surface area contributed by atoms with Gasteiger partial charge in [-0.1, -0.05) is 40.2 Å². The standard InChI is InChI=1S/C14H12BrN2/c1-9-2-3-11(14(16)17)8-13(9)10-4-6-12(15)7-5-10/h2-8H,1H2,(H3,16,17). The van der Waals surface area contributed by atoms with E-state index in [1.54, 1.807) is 0 Å². The molecule has 3 N–H and O–H groups in total. The fourth-order valence-corrected chi connectivity index (χ4v) is 1.91. The molecule has 0 amide bonds. The molecule has 17 heavy (non-hydrogen) atoms. The summed E-state index contributed by atoms with van der Waals surface area (Å²) in [6.45, 7) is 4.00. The Morgan fingerprint density at radius 1 is 1.12 bits per heavy atom. The number of halogens is 1. The summed E-state index contributed by atoms with van der Waals surface area (Å²) in [6, 6.07) is 13.6. The van der Waals surface area contributed by atoms with Gasteiger partial charge in [0.2, 0.25) is 0 Å². The Morgan fingerprint density at radius 2 is 1.76 bits per heavy atom. The van der Waals surface area contributed by atoms with Crippen molar-refractivity contribution in [3.8, 4) is 11.1 Å². The highest BCUT2D eigenvalue weighted by Gasteiger charge is 2.05. The Hall–Kier alpha value is -1.61. The van der Waals surface area contributed by atoms with E-state index in [0.717, 1.165) is 26.7 Å². The summed E-state index contributed by atoms with van der Waals surface area (Å²) in [5.74, 6) is 0.0726. The van der Waals surface area contributed by atoms with E-state index in [-0.39, 0.29) is 5.84 Å². The van der Waals surface area contributed by atoms with E-state index in [1.807, 2.05) is 42.5 Å². The third-order valence-corrected chi connectivity index (χ3v) is 3.10. The van der Waals surface area contributed by atoms with Gasteiger partial charge in [-0.05, 0) is 41.8 Å². The zero-order chi connectivity index (χ0) is 12.4. The molecule has 0 fully saturated rings. The molecule has 0 aliphatic rings. The van der Waals surface area contributed by atoms with E-state index in [9.17, 15) is 0 Å². The first-order valence-electron chi connectivity index (χ1n) is 5.14. The van der Waals surface area contributed by atoms with Gasteiger partial charge in [0, 0.05) is 10.0 Å². The van der Waals surface area contributed by atoms with E-state index >= 15 is 0 Å². The molecular weight excluding hydrogens is 276 g/mol. The number of nitrogens with one attached hydrogen (secondary N) is 1. The van der Waals surface area contributed by atoms with Gasteiger partial charge >= 0.3 is 0 Å². The lowest BCUT2D eigenvalue weighted by molar-refractivity contribution is 1.42. The van der Waals surface area contributed by atoms with Crippen molar-refractivity contribution in [1.82, 2.24) is 0 Å². The van der Waals surface area contributed by atoms with Crippen LogP contribution in [0.25, 0.3) is 11.1 Å². The van der Waals surface area contributed by atoms with Crippen LogP contribution in [0.3, 0.4) is 0 Å². The van der Waals surface area contributed by atoms with Gasteiger partial charge in [-0.3, -0.25) is 5.41 Å². The maximum Gasteiger partial charge on any atom is 0.122 e. The van der Waals surface area contributed by atoms with Crippen LogP contribution in [0.5, 0.6) is 0 Å². The molecular formula is C14H12BrN2. The quantitative estimate of drug-likeness (QED) is 0.644. The fraction of sp³-hybridized carbons (Fsp3) is 0. The van der Waals surface area contributed by atoms with E-state index in [1.165, 1.54) is 0 Å². The SMILES string of the molecule is [CH2]c1ccc(C(=N)N)cc1-c1ccc(Br)cc1. The lowest BCUT2D eigenvalue weighted by Gasteiger charge is -2.08. The third kappa shape index (κ3) is 2.56. The molecule has 0 saturated heterocycles. The molecule has 0 aliphatic heterocycles. The molecule has 3 heteroatoms. The summed E-state index contributed by atoms with van der Waals surface area (Å²) in [5.41, 5.74) is 9.21. The predicted molar refractivity (Wildman–Crippen MR) is 75.1 cm³/mol. The van der Waals surface area contributed by atoms with Crippen LogP contribution in [0.4, 0.5) is 0 Å². The van der Waals surface area contributed by atoms with Crippen LogP contribution in [-0.2, 0) is 0 Å². The van der Waals surface area contributed by atoms with Crippen LogP contribution in [0.1, 0.15) is 11.1 Å². The Balaban J connectivity index is 2.54. The third-order valence-electron chi connectivity index (χ3n) is 2.58. The molecule has 0 atom stereocenters. The van der Waals surface area contributed by atoms with Gasteiger partial charge in [-0.15, -0.1) is 0 Å². The Labute approximate surface area is 109 Å². The van der Waals surface area contributed by atoms with Crippen molar-refractivity contribution in [2.75, 3.05) is 0 Å². The Bertz CT molecular complexity index is 559. The number of rotatable bonds is 2. The van der Waals surface area contributed by atoms with Crippen LogP contribution in [0, 0.1) is 12.3 Å². The normalized spacial score (nSPS) is 10.2. The minimum Gasteiger partial charge on any atom is -0.384 e. The summed E-state index contributed by atoms with van der Waals surface area (Å²) in [6.07, 6.45) is 0. The summed E-state index contributed by atoms with van der Waals surface area (Å²) in [4.78, 5) is 0. The van der Waals surface area contributed by atoms with Crippen LogP contribution in [-0.4, -0.2) is 5.84 Å². The number of benzene rings is 2. The van der Waals surface area contributed by atoms with Crippen molar-refractivity contribution < 1.29 is 0 Å². The number of hydrogen-bond donors (Lipinski definition) is 2. The van der Waals surface area contributed by atoms with Gasteiger partial charge in [0.1, 0.15) is 5.84 Å². The second-order valence-electron chi connectivity index (χ2n) is 3.79. The second-order valence-corrected chi connectivity index (χ2v) is 4.71. The highest BCUT2D eigenvalue weighted by atomic mass is 79.9. The molecule has 85 valence electrons. The molecule has 2 aromatic carbocycles. The molecule has 0 bridgehead atoms. The molecule has 0 aromatic heterocycles. The molecule has 0 aliphatic carbocycles. The van der Waals surface area contributed by atoms with Crippen molar-refractivity contribution in [1.29, 1.82) is 5.41 Å². The average Bonchev–Trinajstić information content (AvgIpc) is 2.31. The molecule has 0 unspecified atom stereocenters. The molecule has 2 aromatic rings. The molecule has 0 spiro atoms. The highest BCUT2D eigenvalue weighted by Crippen LogP contribution is 2.25. The van der Waals surface area contributed by atoms with E-state index in [4.69, 9.17) is 11.1 Å². The first-order chi connectivity index (χ1) is 8.08. The smallest absolute Gasteiger partial charge is 0.122 e. The van der Waals surface area contributed by atoms with Crippen LogP contribution in [0.2, 0.25) is 0 Å². The zero-order valence-electron chi connectivity index (χ0n) is 9.20. The highest BCUT2D eigenvalue weighted by molar-refractivity contribution is 9.10. The van der Waals surface area contributed by atoms with E-state index < -0.39 is 0 Å². The number of amidine groups is 1. The lowest BCUT2D eigenvalue weighted by atomic mass is 9.98. The van der Waals surface area contributed by atoms with Crippen molar-refractivity contribution in [3.63, 3.8) is 0 Å². The van der Waals surface area contributed by atoms with Gasteiger partial charge in [0.15, 0.2) is 0 Å². The molecule has 0 heterocycles. The maximum absolute atomic E-state index is 7.45. The molecule has 1 radical (unpaired) electrons. The van der Waals surface area contributed by atoms with E-state index in [0.29, 0.717) is 0 Å². The first kappa shape index (κ1) is 11.9. The van der Waals surface area contributed by atoms with Gasteiger partial charge in [0.05, 0.1) is 0 Å². The van der Waals surface area contributed by atoms with E-state index in [2.05, 4.69) is 22.9 Å². The Kier molecular flexibility index (Phi) is 3.29. The minimum absolute atomic E-state index is 0.0726. The van der Waals surface area contributed by atoms with Gasteiger partial charge in [0.25, 0.3) is 0 Å². The second kappa shape index (κ2) is 4.72. The fourth-order valence-electron chi connectivity index (χ4n) is 1.64. The lowest BCUT2D eigenvalue weighted by Crippen LogP contribution is -2.11. The molecule has 2 nitrogen and oxygen atoms in total. The predicted octanol–water partition coefficient (Wildman–Crippen LogP) is 3.58. The van der Waals surface area contributed by atoms with Crippen molar-refractivity contribution in [2.45, 2.75) is 0 Å². The van der Waals surface area contributed by atoms with Crippen LogP contribution < -0.4 is 5.73 Å². The monoisotopic (exact) mass is 287 g/mol. The number of nitrogen functional groups attached to an aromatic ring is 1. The maximum atomic E-state index is 7.45.